The molecular formula is C16H28Si2. The molecule has 0 radical (unpaired) electrons. The highest BCUT2D eigenvalue weighted by molar-refractivity contribution is 6.90. The maximum atomic E-state index is 2.47. The summed E-state index contributed by atoms with van der Waals surface area (Å²) in [5, 5.41) is 3.21. The van der Waals surface area contributed by atoms with E-state index in [1.807, 2.05) is 0 Å². The van der Waals surface area contributed by atoms with E-state index in [0.717, 1.165) is 0 Å². The Balaban J connectivity index is 3.54. The van der Waals surface area contributed by atoms with Crippen molar-refractivity contribution in [1.29, 1.82) is 0 Å². The summed E-state index contributed by atoms with van der Waals surface area (Å²) in [6, 6.07) is 4.93. The normalized spacial score (nSPS) is 13.3. The number of allylic oxidation sites excluding steroid dienone is 1. The Bertz CT molecular complexity index is 457. The van der Waals surface area contributed by atoms with Crippen molar-refractivity contribution in [1.82, 2.24) is 0 Å². The van der Waals surface area contributed by atoms with Crippen LogP contribution in [0.15, 0.2) is 18.2 Å². The van der Waals surface area contributed by atoms with Crippen LogP contribution in [0.5, 0.6) is 0 Å². The van der Waals surface area contributed by atoms with Gasteiger partial charge in [0.2, 0.25) is 0 Å². The molecule has 0 unspecified atom stereocenters. The van der Waals surface area contributed by atoms with E-state index < -0.39 is 16.1 Å². The number of rotatable bonds is 3. The summed E-state index contributed by atoms with van der Waals surface area (Å²) >= 11 is 0. The first-order chi connectivity index (χ1) is 8.07. The molecule has 0 aromatic heterocycles. The van der Waals surface area contributed by atoms with Gasteiger partial charge in [0.1, 0.15) is 0 Å². The van der Waals surface area contributed by atoms with Gasteiger partial charge in [-0.25, -0.2) is 0 Å². The Morgan fingerprint density at radius 3 is 1.72 bits per heavy atom. The molecule has 0 atom stereocenters. The average molecular weight is 277 g/mol. The summed E-state index contributed by atoms with van der Waals surface area (Å²) in [5.74, 6) is 0. The van der Waals surface area contributed by atoms with E-state index in [0.29, 0.717) is 0 Å². The molecule has 0 spiro atoms. The van der Waals surface area contributed by atoms with Crippen LogP contribution in [-0.2, 0) is 0 Å². The SMILES string of the molecule is C/C=C/c1cc([Si](C)(C)C)c(C)cc1[Si](C)(C)C. The van der Waals surface area contributed by atoms with E-state index in [2.05, 4.69) is 77.4 Å². The van der Waals surface area contributed by atoms with Crippen molar-refractivity contribution in [2.45, 2.75) is 53.1 Å². The third-order valence-electron chi connectivity index (χ3n) is 3.36. The molecule has 0 bridgehead atoms. The summed E-state index contributed by atoms with van der Waals surface area (Å²) in [5.41, 5.74) is 2.96. The van der Waals surface area contributed by atoms with Crippen LogP contribution in [0, 0.1) is 6.92 Å². The van der Waals surface area contributed by atoms with Crippen molar-refractivity contribution >= 4 is 32.6 Å². The fourth-order valence-corrected chi connectivity index (χ4v) is 6.01. The van der Waals surface area contributed by atoms with Crippen LogP contribution in [0.4, 0.5) is 0 Å². The third-order valence-corrected chi connectivity index (χ3v) is 7.56. The molecule has 0 aliphatic heterocycles. The first kappa shape index (κ1) is 15.5. The molecule has 0 nitrogen and oxygen atoms in total. The highest BCUT2D eigenvalue weighted by Gasteiger charge is 2.24. The second-order valence-electron chi connectivity index (χ2n) is 7.25. The fourth-order valence-electron chi connectivity index (χ4n) is 2.50. The average Bonchev–Trinajstić information content (AvgIpc) is 2.17. The molecule has 0 heterocycles. The van der Waals surface area contributed by atoms with Crippen LogP contribution < -0.4 is 10.4 Å². The standard InChI is InChI=1S/C16H28Si2/c1-9-10-14-12-15(17(3,4)5)13(2)11-16(14)18(6,7)8/h9-12H,1-8H3/b10-9+. The van der Waals surface area contributed by atoms with Gasteiger partial charge in [0.25, 0.3) is 0 Å². The molecule has 0 aliphatic carbocycles. The Morgan fingerprint density at radius 1 is 0.833 bits per heavy atom. The first-order valence-electron chi connectivity index (χ1n) is 6.85. The smallest absolute Gasteiger partial charge is 0.0783 e. The van der Waals surface area contributed by atoms with Gasteiger partial charge in [-0.15, -0.1) is 0 Å². The van der Waals surface area contributed by atoms with Gasteiger partial charge in [0.15, 0.2) is 0 Å². The lowest BCUT2D eigenvalue weighted by atomic mass is 10.1. The Morgan fingerprint density at radius 2 is 1.33 bits per heavy atom. The van der Waals surface area contributed by atoms with E-state index in [4.69, 9.17) is 0 Å². The molecule has 1 aromatic rings. The van der Waals surface area contributed by atoms with Gasteiger partial charge in [0, 0.05) is 0 Å². The summed E-state index contributed by atoms with van der Waals surface area (Å²) in [7, 11) is -2.50. The zero-order valence-electron chi connectivity index (χ0n) is 13.3. The van der Waals surface area contributed by atoms with Gasteiger partial charge >= 0.3 is 0 Å². The molecule has 2 heteroatoms. The molecule has 0 aliphatic rings. The Hall–Kier alpha value is -0.606. The van der Waals surface area contributed by atoms with E-state index in [1.165, 1.54) is 11.1 Å². The van der Waals surface area contributed by atoms with Gasteiger partial charge in [-0.2, -0.15) is 0 Å². The molecule has 0 N–H and O–H groups in total. The number of benzene rings is 1. The number of hydrogen-bond acceptors (Lipinski definition) is 0. The monoisotopic (exact) mass is 276 g/mol. The van der Waals surface area contributed by atoms with Gasteiger partial charge in [0.05, 0.1) is 16.1 Å². The summed E-state index contributed by atoms with van der Waals surface area (Å²) in [6.07, 6.45) is 4.46. The van der Waals surface area contributed by atoms with Crippen LogP contribution in [0.1, 0.15) is 18.1 Å². The lowest BCUT2D eigenvalue weighted by Gasteiger charge is -2.26. The van der Waals surface area contributed by atoms with E-state index >= 15 is 0 Å². The zero-order chi connectivity index (χ0) is 14.1. The lowest BCUT2D eigenvalue weighted by Crippen LogP contribution is -2.45. The largest absolute Gasteiger partial charge is 0.0871 e. The van der Waals surface area contributed by atoms with Crippen LogP contribution in [0.25, 0.3) is 6.08 Å². The quantitative estimate of drug-likeness (QED) is 0.729. The highest BCUT2D eigenvalue weighted by atomic mass is 28.3. The first-order valence-corrected chi connectivity index (χ1v) is 13.9. The van der Waals surface area contributed by atoms with Crippen molar-refractivity contribution < 1.29 is 0 Å². The summed E-state index contributed by atoms with van der Waals surface area (Å²) in [4.78, 5) is 0. The zero-order valence-corrected chi connectivity index (χ0v) is 15.3. The molecule has 1 aromatic carbocycles. The minimum absolute atomic E-state index is 1.24. The molecule has 100 valence electrons. The second-order valence-corrected chi connectivity index (χ2v) is 17.3. The molecule has 0 fully saturated rings. The van der Waals surface area contributed by atoms with Gasteiger partial charge in [-0.05, 0) is 19.4 Å². The predicted octanol–water partition coefficient (Wildman–Crippen LogP) is 4.12. The van der Waals surface area contributed by atoms with Gasteiger partial charge in [-0.3, -0.25) is 0 Å². The minimum atomic E-state index is -1.26. The summed E-state index contributed by atoms with van der Waals surface area (Å²) < 4.78 is 0. The van der Waals surface area contributed by atoms with Gasteiger partial charge < -0.3 is 0 Å². The Kier molecular flexibility index (Phi) is 4.44. The predicted molar refractivity (Wildman–Crippen MR) is 91.8 cm³/mol. The van der Waals surface area contributed by atoms with Crippen LogP contribution in [-0.4, -0.2) is 16.1 Å². The van der Waals surface area contributed by atoms with Crippen LogP contribution in [0.3, 0.4) is 0 Å². The van der Waals surface area contributed by atoms with Gasteiger partial charge in [-0.1, -0.05) is 79.5 Å². The van der Waals surface area contributed by atoms with Crippen LogP contribution in [0.2, 0.25) is 39.3 Å². The molecule has 0 saturated carbocycles. The maximum Gasteiger partial charge on any atom is 0.0783 e. The van der Waals surface area contributed by atoms with E-state index in [1.54, 1.807) is 10.4 Å². The third kappa shape index (κ3) is 3.45. The molecule has 0 amide bonds. The molecule has 0 saturated heterocycles. The molecule has 1 rings (SSSR count). The number of aryl methyl sites for hydroxylation is 1. The van der Waals surface area contributed by atoms with E-state index in [9.17, 15) is 0 Å². The van der Waals surface area contributed by atoms with Crippen molar-refractivity contribution in [2.24, 2.45) is 0 Å². The fraction of sp³-hybridized carbons (Fsp3) is 0.500. The highest BCUT2D eigenvalue weighted by Crippen LogP contribution is 2.14. The van der Waals surface area contributed by atoms with Crippen molar-refractivity contribution in [3.63, 3.8) is 0 Å². The Labute approximate surface area is 115 Å². The molecular weight excluding hydrogens is 248 g/mol. The maximum absolute atomic E-state index is 2.47. The van der Waals surface area contributed by atoms with Crippen molar-refractivity contribution in [3.05, 3.63) is 29.3 Å². The second kappa shape index (κ2) is 5.18. The van der Waals surface area contributed by atoms with Crippen molar-refractivity contribution in [3.8, 4) is 0 Å². The lowest BCUT2D eigenvalue weighted by molar-refractivity contribution is 1.48. The number of hydrogen-bond donors (Lipinski definition) is 0. The summed E-state index contributed by atoms with van der Waals surface area (Å²) in [6.45, 7) is 19.0. The topological polar surface area (TPSA) is 0 Å². The van der Waals surface area contributed by atoms with Crippen LogP contribution >= 0.6 is 0 Å². The van der Waals surface area contributed by atoms with Crippen molar-refractivity contribution in [2.75, 3.05) is 0 Å². The van der Waals surface area contributed by atoms with E-state index in [-0.39, 0.29) is 0 Å². The minimum Gasteiger partial charge on any atom is -0.0871 e. The molecule has 18 heavy (non-hydrogen) atoms.